The van der Waals surface area contributed by atoms with Gasteiger partial charge in [0.1, 0.15) is 0 Å². The predicted molar refractivity (Wildman–Crippen MR) is 101 cm³/mol. The number of aliphatic hydroxyl groups is 1. The van der Waals surface area contributed by atoms with E-state index in [1.807, 2.05) is 0 Å². The molecule has 0 rings (SSSR count). The minimum absolute atomic E-state index is 0.355. The van der Waals surface area contributed by atoms with Crippen LogP contribution in [0.5, 0.6) is 0 Å². The van der Waals surface area contributed by atoms with Crippen LogP contribution in [0.1, 0.15) is 96.8 Å². The van der Waals surface area contributed by atoms with Crippen molar-refractivity contribution in [2.24, 2.45) is 0 Å². The highest BCUT2D eigenvalue weighted by Gasteiger charge is 2.00. The Balaban J connectivity index is 2.97. The first-order valence-electron chi connectivity index (χ1n) is 9.63. The van der Waals surface area contributed by atoms with Gasteiger partial charge in [-0.15, -0.1) is 0 Å². The zero-order valence-electron chi connectivity index (χ0n) is 14.8. The molecule has 0 unspecified atom stereocenters. The highest BCUT2D eigenvalue weighted by atomic mass is 79.9. The van der Waals surface area contributed by atoms with Crippen molar-refractivity contribution in [1.82, 2.24) is 0 Å². The van der Waals surface area contributed by atoms with Crippen molar-refractivity contribution in [1.29, 1.82) is 0 Å². The fourth-order valence-electron chi connectivity index (χ4n) is 2.66. The van der Waals surface area contributed by atoms with E-state index in [-0.39, 0.29) is 6.10 Å². The first-order valence-corrected chi connectivity index (χ1v) is 10.7. The van der Waals surface area contributed by atoms with E-state index in [2.05, 4.69) is 22.9 Å². The van der Waals surface area contributed by atoms with Gasteiger partial charge in [-0.2, -0.15) is 0 Å². The molecule has 0 aliphatic carbocycles. The van der Waals surface area contributed by atoms with Gasteiger partial charge in [-0.1, -0.05) is 106 Å². The van der Waals surface area contributed by atoms with E-state index in [1.165, 1.54) is 83.5 Å². The molecule has 0 aromatic carbocycles. The van der Waals surface area contributed by atoms with Crippen LogP contribution in [-0.4, -0.2) is 29.8 Å². The molecule has 0 bridgehead atoms. The maximum absolute atomic E-state index is 9.30. The van der Waals surface area contributed by atoms with Crippen LogP contribution in [0.15, 0.2) is 0 Å². The maximum atomic E-state index is 9.30. The topological polar surface area (TPSA) is 29.5 Å². The Kier molecular flexibility index (Phi) is 19.8. The molecule has 0 aromatic heterocycles. The van der Waals surface area contributed by atoms with Gasteiger partial charge in [-0.05, 0) is 6.42 Å². The van der Waals surface area contributed by atoms with Gasteiger partial charge < -0.3 is 9.84 Å². The van der Waals surface area contributed by atoms with E-state index < -0.39 is 0 Å². The molecule has 0 aromatic rings. The average molecular weight is 379 g/mol. The van der Waals surface area contributed by atoms with Gasteiger partial charge in [-0.3, -0.25) is 0 Å². The van der Waals surface area contributed by atoms with Gasteiger partial charge in [0.15, 0.2) is 0 Å². The van der Waals surface area contributed by atoms with Crippen LogP contribution in [0.25, 0.3) is 0 Å². The molecule has 0 amide bonds. The number of hydrogen-bond acceptors (Lipinski definition) is 2. The molecule has 0 saturated carbocycles. The first kappa shape index (κ1) is 22.4. The summed E-state index contributed by atoms with van der Waals surface area (Å²) in [6.07, 6.45) is 19.0. The van der Waals surface area contributed by atoms with Gasteiger partial charge in [-0.25, -0.2) is 0 Å². The van der Waals surface area contributed by atoms with Crippen LogP contribution in [-0.2, 0) is 4.74 Å². The van der Waals surface area contributed by atoms with Crippen molar-refractivity contribution < 1.29 is 9.84 Å². The van der Waals surface area contributed by atoms with Gasteiger partial charge in [0.05, 0.1) is 12.7 Å². The molecule has 0 fully saturated rings. The predicted octanol–water partition coefficient (Wildman–Crippen LogP) is 6.24. The highest BCUT2D eigenvalue weighted by Crippen LogP contribution is 2.12. The molecule has 3 heteroatoms. The largest absolute Gasteiger partial charge is 0.390 e. The normalized spacial score (nSPS) is 12.7. The number of hydrogen-bond donors (Lipinski definition) is 1. The zero-order chi connectivity index (χ0) is 16.3. The van der Waals surface area contributed by atoms with Crippen LogP contribution in [0.2, 0.25) is 0 Å². The van der Waals surface area contributed by atoms with Crippen LogP contribution >= 0.6 is 15.9 Å². The molecule has 1 atom stereocenters. The van der Waals surface area contributed by atoms with Gasteiger partial charge in [0, 0.05) is 11.9 Å². The van der Waals surface area contributed by atoms with Crippen molar-refractivity contribution in [2.45, 2.75) is 103 Å². The third kappa shape index (κ3) is 18.4. The van der Waals surface area contributed by atoms with E-state index in [9.17, 15) is 5.11 Å². The number of rotatable bonds is 18. The Morgan fingerprint density at radius 3 is 1.55 bits per heavy atom. The van der Waals surface area contributed by atoms with Crippen LogP contribution < -0.4 is 0 Å². The summed E-state index contributed by atoms with van der Waals surface area (Å²) >= 11 is 3.23. The molecule has 1 N–H and O–H groups in total. The second-order valence-electron chi connectivity index (χ2n) is 6.48. The number of aliphatic hydroxyl groups excluding tert-OH is 1. The summed E-state index contributed by atoms with van der Waals surface area (Å²) in [5.74, 6) is 0. The number of unbranched alkanes of at least 4 members (excludes halogenated alkanes) is 13. The standard InChI is InChI=1S/C19H39BrO2/c1-2-3-4-5-6-7-8-9-10-11-12-13-14-15-16-22-18-19(21)17-20/h19,21H,2-18H2,1H3/t19-/m0/s1. The van der Waals surface area contributed by atoms with Crippen molar-refractivity contribution >= 4 is 15.9 Å². The summed E-state index contributed by atoms with van der Waals surface area (Å²) in [7, 11) is 0. The van der Waals surface area contributed by atoms with E-state index >= 15 is 0 Å². The third-order valence-corrected chi connectivity index (χ3v) is 4.88. The maximum Gasteiger partial charge on any atom is 0.0870 e. The Hall–Kier alpha value is 0.400. The minimum Gasteiger partial charge on any atom is -0.390 e. The van der Waals surface area contributed by atoms with E-state index in [0.29, 0.717) is 11.9 Å². The monoisotopic (exact) mass is 378 g/mol. The summed E-state index contributed by atoms with van der Waals surface area (Å²) < 4.78 is 5.41. The number of ether oxygens (including phenoxy) is 1. The summed E-state index contributed by atoms with van der Waals surface area (Å²) in [5.41, 5.74) is 0. The molecule has 0 radical (unpaired) electrons. The summed E-state index contributed by atoms with van der Waals surface area (Å²) in [6, 6.07) is 0. The lowest BCUT2D eigenvalue weighted by atomic mass is 10.0. The lowest BCUT2D eigenvalue weighted by Crippen LogP contribution is -2.16. The number of halogens is 1. The molecule has 0 heterocycles. The number of alkyl halides is 1. The fourth-order valence-corrected chi connectivity index (χ4v) is 2.85. The van der Waals surface area contributed by atoms with Crippen LogP contribution in [0, 0.1) is 0 Å². The Morgan fingerprint density at radius 2 is 1.14 bits per heavy atom. The van der Waals surface area contributed by atoms with Crippen molar-refractivity contribution in [2.75, 3.05) is 18.5 Å². The summed E-state index contributed by atoms with van der Waals surface area (Å²) in [4.78, 5) is 0. The van der Waals surface area contributed by atoms with Crippen molar-refractivity contribution in [3.05, 3.63) is 0 Å². The lowest BCUT2D eigenvalue weighted by Gasteiger charge is -2.07. The molecule has 0 aliphatic rings. The molecule has 0 aliphatic heterocycles. The van der Waals surface area contributed by atoms with Crippen molar-refractivity contribution in [3.8, 4) is 0 Å². The zero-order valence-corrected chi connectivity index (χ0v) is 16.4. The molecule has 22 heavy (non-hydrogen) atoms. The Bertz CT molecular complexity index is 200. The Labute approximate surface area is 147 Å². The molecule has 134 valence electrons. The fraction of sp³-hybridized carbons (Fsp3) is 1.00. The van der Waals surface area contributed by atoms with E-state index in [0.717, 1.165) is 13.0 Å². The van der Waals surface area contributed by atoms with Crippen LogP contribution in [0.4, 0.5) is 0 Å². The molecule has 0 saturated heterocycles. The van der Waals surface area contributed by atoms with E-state index in [4.69, 9.17) is 4.74 Å². The SMILES string of the molecule is CCCCCCCCCCCCCCCCOC[C@@H](O)CBr. The molecular formula is C19H39BrO2. The first-order chi connectivity index (χ1) is 10.8. The quantitative estimate of drug-likeness (QED) is 0.226. The molecule has 0 spiro atoms. The highest BCUT2D eigenvalue weighted by molar-refractivity contribution is 9.09. The van der Waals surface area contributed by atoms with E-state index in [1.54, 1.807) is 0 Å². The lowest BCUT2D eigenvalue weighted by molar-refractivity contribution is 0.0473. The third-order valence-electron chi connectivity index (χ3n) is 4.13. The second kappa shape index (κ2) is 19.4. The molecule has 2 nitrogen and oxygen atoms in total. The second-order valence-corrected chi connectivity index (χ2v) is 7.13. The average Bonchev–Trinajstić information content (AvgIpc) is 2.54. The van der Waals surface area contributed by atoms with Crippen LogP contribution in [0.3, 0.4) is 0 Å². The molecular weight excluding hydrogens is 340 g/mol. The summed E-state index contributed by atoms with van der Waals surface area (Å²) in [6.45, 7) is 3.54. The van der Waals surface area contributed by atoms with Gasteiger partial charge in [0.2, 0.25) is 0 Å². The minimum atomic E-state index is -0.355. The van der Waals surface area contributed by atoms with Crippen molar-refractivity contribution in [3.63, 3.8) is 0 Å². The Morgan fingerprint density at radius 1 is 0.727 bits per heavy atom. The van der Waals surface area contributed by atoms with Gasteiger partial charge in [0.25, 0.3) is 0 Å². The van der Waals surface area contributed by atoms with Gasteiger partial charge >= 0.3 is 0 Å². The summed E-state index contributed by atoms with van der Waals surface area (Å²) in [5, 5.41) is 9.90. The smallest absolute Gasteiger partial charge is 0.0870 e.